The lowest BCUT2D eigenvalue weighted by Crippen LogP contribution is -2.48. The lowest BCUT2D eigenvalue weighted by atomic mass is 9.93. The molecule has 0 saturated carbocycles. The molecule has 0 spiro atoms. The van der Waals surface area contributed by atoms with Crippen molar-refractivity contribution in [3.05, 3.63) is 0 Å². The number of esters is 1. The third-order valence-corrected chi connectivity index (χ3v) is 5.58. The van der Waals surface area contributed by atoms with E-state index in [1.165, 1.54) is 4.90 Å². The van der Waals surface area contributed by atoms with Crippen LogP contribution in [0, 0.1) is 11.8 Å². The molecule has 0 aromatic heterocycles. The topological polar surface area (TPSA) is 57.2 Å². The molecule has 0 aromatic rings. The van der Waals surface area contributed by atoms with E-state index in [0.29, 0.717) is 38.7 Å². The first kappa shape index (κ1) is 27.3. The summed E-state index contributed by atoms with van der Waals surface area (Å²) in [6, 6.07) is 0. The Labute approximate surface area is 195 Å². The predicted octanol–water partition coefficient (Wildman–Crippen LogP) is 3.51. The quantitative estimate of drug-likeness (QED) is 0.229. The first-order valence-electron chi connectivity index (χ1n) is 10.8. The molecule has 6 nitrogen and oxygen atoms in total. The van der Waals surface area contributed by atoms with Gasteiger partial charge in [-0.25, -0.2) is 0 Å². The van der Waals surface area contributed by atoms with Crippen LogP contribution in [-0.2, 0) is 9.53 Å². The molecular weight excluding hydrogens is 512 g/mol. The van der Waals surface area contributed by atoms with Crippen LogP contribution in [0.2, 0.25) is 0 Å². The van der Waals surface area contributed by atoms with Crippen molar-refractivity contribution in [2.24, 2.45) is 16.8 Å². The molecule has 2 fully saturated rings. The standard InChI is InChI=1S/C20H35F3N4O2.HI/c1-3-24-19(27-11-5-6-17(14-27)18(28)29-4-2)25-10-7-16-8-12-26(13-9-16)15-20(21,22)23;/h16-17H,3-15H2,1-2H3,(H,24,25);1H/t17-;/m0./s1. The smallest absolute Gasteiger partial charge is 0.401 e. The third-order valence-electron chi connectivity index (χ3n) is 5.58. The number of nitrogens with zero attached hydrogens (tertiary/aromatic N) is 3. The Bertz CT molecular complexity index is 541. The number of piperidine rings is 2. The van der Waals surface area contributed by atoms with Crippen LogP contribution in [0.25, 0.3) is 0 Å². The second-order valence-electron chi connectivity index (χ2n) is 7.90. The van der Waals surface area contributed by atoms with Crippen molar-refractivity contribution in [3.8, 4) is 0 Å². The number of rotatable bonds is 7. The molecule has 0 bridgehead atoms. The van der Waals surface area contributed by atoms with Gasteiger partial charge in [-0.3, -0.25) is 14.7 Å². The van der Waals surface area contributed by atoms with Crippen molar-refractivity contribution in [1.82, 2.24) is 15.1 Å². The highest BCUT2D eigenvalue weighted by Gasteiger charge is 2.32. The van der Waals surface area contributed by atoms with Crippen LogP contribution >= 0.6 is 24.0 Å². The van der Waals surface area contributed by atoms with Gasteiger partial charge in [0.15, 0.2) is 5.96 Å². The Balaban J connectivity index is 0.00000450. The molecular formula is C20H36F3IN4O2. The van der Waals surface area contributed by atoms with Gasteiger partial charge in [-0.2, -0.15) is 13.2 Å². The molecule has 0 aromatic carbocycles. The van der Waals surface area contributed by atoms with Gasteiger partial charge >= 0.3 is 12.1 Å². The number of nitrogens with one attached hydrogen (secondary N) is 1. The van der Waals surface area contributed by atoms with E-state index < -0.39 is 12.7 Å². The average molecular weight is 548 g/mol. The van der Waals surface area contributed by atoms with Crippen molar-refractivity contribution in [2.45, 2.75) is 52.1 Å². The van der Waals surface area contributed by atoms with Crippen LogP contribution in [0.4, 0.5) is 13.2 Å². The van der Waals surface area contributed by atoms with E-state index in [0.717, 1.165) is 51.2 Å². The minimum atomic E-state index is -4.12. The number of aliphatic imine (C=N–C) groups is 1. The van der Waals surface area contributed by atoms with Gasteiger partial charge in [-0.1, -0.05) is 0 Å². The summed E-state index contributed by atoms with van der Waals surface area (Å²) in [7, 11) is 0. The van der Waals surface area contributed by atoms with Gasteiger partial charge < -0.3 is 15.0 Å². The van der Waals surface area contributed by atoms with Crippen LogP contribution in [-0.4, -0.2) is 80.3 Å². The Kier molecular flexibility index (Phi) is 12.3. The largest absolute Gasteiger partial charge is 0.466 e. The Morgan fingerprint density at radius 2 is 1.87 bits per heavy atom. The van der Waals surface area contributed by atoms with Gasteiger partial charge in [-0.05, 0) is 65.0 Å². The molecule has 1 atom stereocenters. The molecule has 2 heterocycles. The van der Waals surface area contributed by atoms with Crippen LogP contribution in [0.3, 0.4) is 0 Å². The second-order valence-corrected chi connectivity index (χ2v) is 7.90. The number of hydrogen-bond acceptors (Lipinski definition) is 4. The number of guanidine groups is 1. The summed E-state index contributed by atoms with van der Waals surface area (Å²) in [6.45, 7) is 7.28. The van der Waals surface area contributed by atoms with Crippen LogP contribution < -0.4 is 5.32 Å². The number of ether oxygens (including phenoxy) is 1. The fourth-order valence-electron chi connectivity index (χ4n) is 4.09. The summed E-state index contributed by atoms with van der Waals surface area (Å²) in [5, 5.41) is 3.30. The molecule has 2 rings (SSSR count). The fourth-order valence-corrected chi connectivity index (χ4v) is 4.09. The van der Waals surface area contributed by atoms with Crippen LogP contribution in [0.15, 0.2) is 4.99 Å². The summed E-state index contributed by atoms with van der Waals surface area (Å²) in [5.41, 5.74) is 0. The van der Waals surface area contributed by atoms with Crippen LogP contribution in [0.5, 0.6) is 0 Å². The lowest BCUT2D eigenvalue weighted by Gasteiger charge is -2.34. The van der Waals surface area contributed by atoms with E-state index in [1.54, 1.807) is 0 Å². The Hall–Kier alpha value is -0.780. The Morgan fingerprint density at radius 3 is 2.47 bits per heavy atom. The zero-order valence-corrected chi connectivity index (χ0v) is 20.4. The maximum atomic E-state index is 12.5. The predicted molar refractivity (Wildman–Crippen MR) is 122 cm³/mol. The zero-order chi connectivity index (χ0) is 21.3. The second kappa shape index (κ2) is 13.6. The number of halogens is 4. The first-order valence-corrected chi connectivity index (χ1v) is 10.8. The number of carbonyl (C=O) groups excluding carboxylic acids is 1. The molecule has 0 aliphatic carbocycles. The highest BCUT2D eigenvalue weighted by molar-refractivity contribution is 14.0. The molecule has 2 saturated heterocycles. The summed E-state index contributed by atoms with van der Waals surface area (Å²) in [5.74, 6) is 0.972. The summed E-state index contributed by atoms with van der Waals surface area (Å²) in [4.78, 5) is 20.4. The fraction of sp³-hybridized carbons (Fsp3) is 0.900. The first-order chi connectivity index (χ1) is 13.8. The van der Waals surface area contributed by atoms with E-state index in [4.69, 9.17) is 9.73 Å². The number of likely N-dealkylation sites (tertiary alicyclic amines) is 2. The summed E-state index contributed by atoms with van der Waals surface area (Å²) < 4.78 is 42.7. The van der Waals surface area contributed by atoms with Crippen molar-refractivity contribution in [3.63, 3.8) is 0 Å². The van der Waals surface area contributed by atoms with Crippen LogP contribution in [0.1, 0.15) is 46.0 Å². The highest BCUT2D eigenvalue weighted by Crippen LogP contribution is 2.24. The zero-order valence-electron chi connectivity index (χ0n) is 18.0. The molecule has 2 aliphatic rings. The highest BCUT2D eigenvalue weighted by atomic mass is 127. The minimum Gasteiger partial charge on any atom is -0.466 e. The molecule has 30 heavy (non-hydrogen) atoms. The maximum Gasteiger partial charge on any atom is 0.401 e. The van der Waals surface area contributed by atoms with E-state index in [9.17, 15) is 18.0 Å². The minimum absolute atomic E-state index is 0. The number of hydrogen-bond donors (Lipinski definition) is 1. The SMILES string of the molecule is CCNC(=NCCC1CCN(CC(F)(F)F)CC1)N1CCC[C@H](C(=O)OCC)C1.I. The van der Waals surface area contributed by atoms with Crippen molar-refractivity contribution < 1.29 is 22.7 Å². The number of alkyl halides is 3. The number of carbonyl (C=O) groups is 1. The van der Waals surface area contributed by atoms with Gasteiger partial charge in [0, 0.05) is 26.2 Å². The molecule has 0 radical (unpaired) electrons. The maximum absolute atomic E-state index is 12.5. The molecule has 0 unspecified atom stereocenters. The molecule has 0 amide bonds. The monoisotopic (exact) mass is 548 g/mol. The molecule has 10 heteroatoms. The third kappa shape index (κ3) is 9.57. The van der Waals surface area contributed by atoms with Crippen molar-refractivity contribution in [2.75, 3.05) is 52.4 Å². The van der Waals surface area contributed by atoms with Gasteiger partial charge in [0.2, 0.25) is 0 Å². The van der Waals surface area contributed by atoms with Gasteiger partial charge in [0.25, 0.3) is 0 Å². The van der Waals surface area contributed by atoms with E-state index in [-0.39, 0.29) is 35.9 Å². The molecule has 1 N–H and O–H groups in total. The summed E-state index contributed by atoms with van der Waals surface area (Å²) >= 11 is 0. The van der Waals surface area contributed by atoms with Gasteiger partial charge in [-0.15, -0.1) is 24.0 Å². The normalized spacial score (nSPS) is 21.8. The van der Waals surface area contributed by atoms with Gasteiger partial charge in [0.1, 0.15) is 0 Å². The lowest BCUT2D eigenvalue weighted by molar-refractivity contribution is -0.150. The molecule has 176 valence electrons. The van der Waals surface area contributed by atoms with Crippen molar-refractivity contribution in [1.29, 1.82) is 0 Å². The summed E-state index contributed by atoms with van der Waals surface area (Å²) in [6.07, 6.45) is 0.0992. The Morgan fingerprint density at radius 1 is 1.17 bits per heavy atom. The van der Waals surface area contributed by atoms with Crippen molar-refractivity contribution >= 4 is 35.9 Å². The van der Waals surface area contributed by atoms with E-state index in [1.807, 2.05) is 13.8 Å². The molecule has 2 aliphatic heterocycles. The van der Waals surface area contributed by atoms with E-state index in [2.05, 4.69) is 10.2 Å². The average Bonchev–Trinajstić information content (AvgIpc) is 2.68. The van der Waals surface area contributed by atoms with E-state index >= 15 is 0 Å². The van der Waals surface area contributed by atoms with Gasteiger partial charge in [0.05, 0.1) is 19.1 Å².